The summed E-state index contributed by atoms with van der Waals surface area (Å²) in [5, 5.41) is 7.34. The molecule has 0 aromatic heterocycles. The quantitative estimate of drug-likeness (QED) is 0.483. The monoisotopic (exact) mass is 305 g/mol. The van der Waals surface area contributed by atoms with Gasteiger partial charge in [-0.1, -0.05) is 18.2 Å². The highest BCUT2D eigenvalue weighted by Crippen LogP contribution is 2.08. The Morgan fingerprint density at radius 3 is 2.68 bits per heavy atom. The van der Waals surface area contributed by atoms with Crippen molar-refractivity contribution in [3.8, 4) is 5.75 Å². The van der Waals surface area contributed by atoms with E-state index in [1.54, 1.807) is 0 Å². The molecule has 0 aliphatic carbocycles. The average Bonchev–Trinajstić information content (AvgIpc) is 2.84. The molecule has 118 valence electrons. The highest BCUT2D eigenvalue weighted by atomic mass is 16.5. The standard InChI is InChI=1S/C15H19N3O4/c19-13(8-7-12-14(20)18-15(21)17-12)16-9-4-10-22-11-5-2-1-3-6-11/h1-3,5-6,12H,4,7-10H2,(H,16,19)(H2,17,18,20,21)/t12-/m1/s1. The Morgan fingerprint density at radius 2 is 2.00 bits per heavy atom. The number of imide groups is 1. The third-order valence-electron chi connectivity index (χ3n) is 3.17. The van der Waals surface area contributed by atoms with Crippen LogP contribution in [0.15, 0.2) is 30.3 Å². The molecule has 0 unspecified atom stereocenters. The predicted octanol–water partition coefficient (Wildman–Crippen LogP) is 0.560. The summed E-state index contributed by atoms with van der Waals surface area (Å²) in [5.41, 5.74) is 0. The van der Waals surface area contributed by atoms with E-state index in [1.165, 1.54) is 0 Å². The number of amides is 4. The fourth-order valence-electron chi connectivity index (χ4n) is 2.03. The molecule has 4 amide bonds. The summed E-state index contributed by atoms with van der Waals surface area (Å²) < 4.78 is 5.50. The van der Waals surface area contributed by atoms with Crippen molar-refractivity contribution >= 4 is 17.8 Å². The molecule has 1 saturated heterocycles. The van der Waals surface area contributed by atoms with Crippen molar-refractivity contribution in [2.75, 3.05) is 13.2 Å². The summed E-state index contributed by atoms with van der Waals surface area (Å²) in [6.07, 6.45) is 1.18. The van der Waals surface area contributed by atoms with E-state index in [9.17, 15) is 14.4 Å². The van der Waals surface area contributed by atoms with Crippen molar-refractivity contribution in [3.05, 3.63) is 30.3 Å². The topological polar surface area (TPSA) is 96.5 Å². The number of benzene rings is 1. The van der Waals surface area contributed by atoms with Crippen molar-refractivity contribution in [2.45, 2.75) is 25.3 Å². The number of ether oxygens (including phenoxy) is 1. The third-order valence-corrected chi connectivity index (χ3v) is 3.17. The predicted molar refractivity (Wildman–Crippen MR) is 79.3 cm³/mol. The highest BCUT2D eigenvalue weighted by Gasteiger charge is 2.29. The van der Waals surface area contributed by atoms with E-state index in [-0.39, 0.29) is 18.2 Å². The first-order chi connectivity index (χ1) is 10.6. The van der Waals surface area contributed by atoms with Crippen LogP contribution in [0.25, 0.3) is 0 Å². The van der Waals surface area contributed by atoms with Crippen molar-refractivity contribution in [2.24, 2.45) is 0 Å². The minimum absolute atomic E-state index is 0.145. The lowest BCUT2D eigenvalue weighted by molar-refractivity contribution is -0.122. The van der Waals surface area contributed by atoms with Crippen molar-refractivity contribution in [1.29, 1.82) is 0 Å². The van der Waals surface area contributed by atoms with Crippen LogP contribution in [0.3, 0.4) is 0 Å². The number of para-hydroxylation sites is 1. The Bertz CT molecular complexity index is 533. The van der Waals surface area contributed by atoms with Crippen LogP contribution >= 0.6 is 0 Å². The van der Waals surface area contributed by atoms with Crippen molar-refractivity contribution in [1.82, 2.24) is 16.0 Å². The molecule has 0 radical (unpaired) electrons. The molecule has 7 nitrogen and oxygen atoms in total. The molecule has 3 N–H and O–H groups in total. The molecule has 1 fully saturated rings. The van der Waals surface area contributed by atoms with Gasteiger partial charge in [-0.3, -0.25) is 14.9 Å². The van der Waals surface area contributed by atoms with Gasteiger partial charge in [-0.15, -0.1) is 0 Å². The van der Waals surface area contributed by atoms with Crippen LogP contribution in [0.4, 0.5) is 4.79 Å². The summed E-state index contributed by atoms with van der Waals surface area (Å²) in [5.74, 6) is 0.277. The van der Waals surface area contributed by atoms with E-state index in [0.29, 0.717) is 26.0 Å². The van der Waals surface area contributed by atoms with Gasteiger partial charge in [0.25, 0.3) is 5.91 Å². The fraction of sp³-hybridized carbons (Fsp3) is 0.400. The van der Waals surface area contributed by atoms with Gasteiger partial charge in [-0.2, -0.15) is 0 Å². The Labute approximate surface area is 128 Å². The maximum atomic E-state index is 11.6. The van der Waals surface area contributed by atoms with Crippen LogP contribution in [0, 0.1) is 0 Å². The van der Waals surface area contributed by atoms with Gasteiger partial charge < -0.3 is 15.4 Å². The van der Waals surface area contributed by atoms with Crippen molar-refractivity contribution < 1.29 is 19.1 Å². The zero-order valence-corrected chi connectivity index (χ0v) is 12.1. The molecule has 22 heavy (non-hydrogen) atoms. The molecule has 1 atom stereocenters. The van der Waals surface area contributed by atoms with E-state index in [1.807, 2.05) is 30.3 Å². The first-order valence-corrected chi connectivity index (χ1v) is 7.21. The van der Waals surface area contributed by atoms with Gasteiger partial charge in [-0.05, 0) is 25.0 Å². The van der Waals surface area contributed by atoms with E-state index in [2.05, 4.69) is 16.0 Å². The summed E-state index contributed by atoms with van der Waals surface area (Å²) in [6, 6.07) is 8.34. The molecule has 1 aliphatic rings. The van der Waals surface area contributed by atoms with E-state index >= 15 is 0 Å². The van der Waals surface area contributed by atoms with Crippen LogP contribution in [0.2, 0.25) is 0 Å². The van der Waals surface area contributed by atoms with Gasteiger partial charge in [0.1, 0.15) is 11.8 Å². The smallest absolute Gasteiger partial charge is 0.322 e. The van der Waals surface area contributed by atoms with Gasteiger partial charge in [0.15, 0.2) is 0 Å². The second-order valence-electron chi connectivity index (χ2n) is 4.92. The van der Waals surface area contributed by atoms with Crippen LogP contribution in [0.5, 0.6) is 5.75 Å². The molecule has 1 heterocycles. The minimum Gasteiger partial charge on any atom is -0.494 e. The fourth-order valence-corrected chi connectivity index (χ4v) is 2.03. The van der Waals surface area contributed by atoms with E-state index in [0.717, 1.165) is 5.75 Å². The first kappa shape index (κ1) is 15.8. The molecular weight excluding hydrogens is 286 g/mol. The van der Waals surface area contributed by atoms with E-state index in [4.69, 9.17) is 4.74 Å². The maximum Gasteiger partial charge on any atom is 0.322 e. The zero-order chi connectivity index (χ0) is 15.8. The Hall–Kier alpha value is -2.57. The number of carbonyl (C=O) groups excluding carboxylic acids is 3. The van der Waals surface area contributed by atoms with E-state index < -0.39 is 12.1 Å². The molecule has 1 aliphatic heterocycles. The maximum absolute atomic E-state index is 11.6. The molecule has 7 heteroatoms. The second kappa shape index (κ2) is 8.02. The van der Waals surface area contributed by atoms with Gasteiger partial charge in [-0.25, -0.2) is 4.79 Å². The number of hydrogen-bond acceptors (Lipinski definition) is 4. The van der Waals surface area contributed by atoms with Crippen molar-refractivity contribution in [3.63, 3.8) is 0 Å². The highest BCUT2D eigenvalue weighted by molar-refractivity contribution is 6.04. The van der Waals surface area contributed by atoms with Crippen LogP contribution < -0.4 is 20.7 Å². The zero-order valence-electron chi connectivity index (χ0n) is 12.1. The summed E-state index contributed by atoms with van der Waals surface area (Å²) in [7, 11) is 0. The Balaban J connectivity index is 1.53. The molecule has 1 aromatic rings. The lowest BCUT2D eigenvalue weighted by Gasteiger charge is -2.09. The molecule has 2 rings (SSSR count). The molecule has 0 spiro atoms. The second-order valence-corrected chi connectivity index (χ2v) is 4.92. The first-order valence-electron chi connectivity index (χ1n) is 7.21. The minimum atomic E-state index is -0.611. The van der Waals surface area contributed by atoms with Gasteiger partial charge in [0.2, 0.25) is 5.91 Å². The van der Waals surface area contributed by atoms with Crippen LogP contribution in [-0.2, 0) is 9.59 Å². The van der Waals surface area contributed by atoms with Gasteiger partial charge in [0, 0.05) is 13.0 Å². The number of carbonyl (C=O) groups is 3. The molecule has 0 saturated carbocycles. The Kier molecular flexibility index (Phi) is 5.76. The van der Waals surface area contributed by atoms with Crippen LogP contribution in [-0.4, -0.2) is 37.0 Å². The Morgan fingerprint density at radius 1 is 1.23 bits per heavy atom. The average molecular weight is 305 g/mol. The molecular formula is C15H19N3O4. The summed E-state index contributed by atoms with van der Waals surface area (Å²) >= 11 is 0. The van der Waals surface area contributed by atoms with Gasteiger partial charge >= 0.3 is 6.03 Å². The number of urea groups is 1. The molecule has 0 bridgehead atoms. The summed E-state index contributed by atoms with van der Waals surface area (Å²) in [6.45, 7) is 1.03. The number of nitrogens with one attached hydrogen (secondary N) is 3. The SMILES string of the molecule is O=C(CC[C@H]1NC(=O)NC1=O)NCCCOc1ccccc1. The molecule has 1 aromatic carbocycles. The largest absolute Gasteiger partial charge is 0.494 e. The van der Waals surface area contributed by atoms with Crippen LogP contribution in [0.1, 0.15) is 19.3 Å². The normalized spacial score (nSPS) is 16.8. The number of hydrogen-bond donors (Lipinski definition) is 3. The lowest BCUT2D eigenvalue weighted by Crippen LogP contribution is -2.32. The third kappa shape index (κ3) is 5.08. The number of rotatable bonds is 8. The lowest BCUT2D eigenvalue weighted by atomic mass is 10.1. The summed E-state index contributed by atoms with van der Waals surface area (Å²) in [4.78, 5) is 33.8. The van der Waals surface area contributed by atoms with Gasteiger partial charge in [0.05, 0.1) is 6.61 Å².